The van der Waals surface area contributed by atoms with Gasteiger partial charge in [-0.2, -0.15) is 0 Å². The van der Waals surface area contributed by atoms with Gasteiger partial charge in [-0.15, -0.1) is 0 Å². The summed E-state index contributed by atoms with van der Waals surface area (Å²) in [6, 6.07) is 3.66. The molecular weight excluding hydrogens is 192 g/mol. The molecule has 0 amide bonds. The highest BCUT2D eigenvalue weighted by atomic mass is 16.5. The maximum Gasteiger partial charge on any atom is 0.128 e. The van der Waals surface area contributed by atoms with Crippen LogP contribution in [0.1, 0.15) is 25.0 Å². The number of benzene rings is 1. The first-order chi connectivity index (χ1) is 6.90. The van der Waals surface area contributed by atoms with Crippen LogP contribution < -0.4 is 9.47 Å². The number of methoxy groups -OCH3 is 2. The van der Waals surface area contributed by atoms with Gasteiger partial charge >= 0.3 is 0 Å². The topological polar surface area (TPSA) is 38.7 Å². The Hall–Kier alpha value is -1.22. The van der Waals surface area contributed by atoms with Gasteiger partial charge in [0.1, 0.15) is 11.5 Å². The fourth-order valence-electron chi connectivity index (χ4n) is 1.79. The minimum absolute atomic E-state index is 0.652. The summed E-state index contributed by atoms with van der Waals surface area (Å²) in [6.45, 7) is 5.41. The van der Waals surface area contributed by atoms with E-state index >= 15 is 0 Å². The number of rotatable bonds is 3. The quantitative estimate of drug-likeness (QED) is 0.831. The zero-order valence-corrected chi connectivity index (χ0v) is 9.92. The Morgan fingerprint density at radius 1 is 1.13 bits per heavy atom. The fraction of sp³-hybridized carbons (Fsp3) is 0.500. The Balaban J connectivity index is 3.38. The SMILES string of the molecule is COc1cc(C)c(C(C)(C)O)c(OC)c1. The van der Waals surface area contributed by atoms with E-state index in [1.165, 1.54) is 0 Å². The van der Waals surface area contributed by atoms with E-state index in [1.807, 2.05) is 13.0 Å². The number of hydrogen-bond acceptors (Lipinski definition) is 3. The maximum atomic E-state index is 10.0. The molecular formula is C12H18O3. The zero-order valence-electron chi connectivity index (χ0n) is 9.92. The minimum Gasteiger partial charge on any atom is -0.497 e. The Morgan fingerprint density at radius 3 is 2.13 bits per heavy atom. The third-order valence-electron chi connectivity index (χ3n) is 2.34. The Kier molecular flexibility index (Phi) is 3.25. The van der Waals surface area contributed by atoms with Crippen molar-refractivity contribution in [2.45, 2.75) is 26.4 Å². The molecule has 0 aliphatic heterocycles. The van der Waals surface area contributed by atoms with Crippen molar-refractivity contribution in [3.05, 3.63) is 23.3 Å². The van der Waals surface area contributed by atoms with Crippen LogP contribution in [0.5, 0.6) is 11.5 Å². The molecule has 0 atom stereocenters. The molecule has 0 fully saturated rings. The predicted octanol–water partition coefficient (Wildman–Crippen LogP) is 2.24. The molecule has 1 aromatic rings. The number of ether oxygens (including phenoxy) is 2. The molecule has 0 saturated heterocycles. The second-order valence-corrected chi connectivity index (χ2v) is 4.08. The van der Waals surface area contributed by atoms with E-state index in [0.717, 1.165) is 16.9 Å². The lowest BCUT2D eigenvalue weighted by molar-refractivity contribution is 0.0749. The van der Waals surface area contributed by atoms with Gasteiger partial charge in [-0.1, -0.05) is 0 Å². The molecule has 0 radical (unpaired) electrons. The van der Waals surface area contributed by atoms with E-state index in [1.54, 1.807) is 34.1 Å². The summed E-state index contributed by atoms with van der Waals surface area (Å²) < 4.78 is 10.4. The average molecular weight is 210 g/mol. The smallest absolute Gasteiger partial charge is 0.128 e. The lowest BCUT2D eigenvalue weighted by Gasteiger charge is -2.23. The number of aliphatic hydroxyl groups is 1. The molecule has 0 aliphatic carbocycles. The molecule has 84 valence electrons. The van der Waals surface area contributed by atoms with Crippen LogP contribution >= 0.6 is 0 Å². The van der Waals surface area contributed by atoms with Crippen LogP contribution in [0, 0.1) is 6.92 Å². The Bertz CT molecular complexity index is 351. The summed E-state index contributed by atoms with van der Waals surface area (Å²) >= 11 is 0. The molecule has 0 aromatic heterocycles. The highest BCUT2D eigenvalue weighted by Gasteiger charge is 2.24. The zero-order chi connectivity index (χ0) is 11.6. The van der Waals surface area contributed by atoms with Crippen LogP contribution in [0.25, 0.3) is 0 Å². The van der Waals surface area contributed by atoms with Gasteiger partial charge in [0.05, 0.1) is 19.8 Å². The molecule has 0 heterocycles. The van der Waals surface area contributed by atoms with E-state index in [9.17, 15) is 5.11 Å². The maximum absolute atomic E-state index is 10.0. The average Bonchev–Trinajstić information content (AvgIpc) is 2.14. The van der Waals surface area contributed by atoms with E-state index in [-0.39, 0.29) is 0 Å². The van der Waals surface area contributed by atoms with E-state index in [0.29, 0.717) is 5.75 Å². The molecule has 0 saturated carbocycles. The standard InChI is InChI=1S/C12H18O3/c1-8-6-9(14-4)7-10(15-5)11(8)12(2,3)13/h6-7,13H,1-5H3. The highest BCUT2D eigenvalue weighted by molar-refractivity contribution is 5.48. The van der Waals surface area contributed by atoms with Gasteiger partial charge in [0.25, 0.3) is 0 Å². The lowest BCUT2D eigenvalue weighted by Crippen LogP contribution is -2.18. The summed E-state index contributed by atoms with van der Waals surface area (Å²) in [4.78, 5) is 0. The van der Waals surface area contributed by atoms with Crippen LogP contribution in [-0.2, 0) is 5.60 Å². The van der Waals surface area contributed by atoms with Crippen LogP contribution in [-0.4, -0.2) is 19.3 Å². The third kappa shape index (κ3) is 2.42. The lowest BCUT2D eigenvalue weighted by atomic mass is 9.92. The van der Waals surface area contributed by atoms with Crippen molar-refractivity contribution in [3.8, 4) is 11.5 Å². The second-order valence-electron chi connectivity index (χ2n) is 4.08. The highest BCUT2D eigenvalue weighted by Crippen LogP contribution is 2.35. The third-order valence-corrected chi connectivity index (χ3v) is 2.34. The number of hydrogen-bond donors (Lipinski definition) is 1. The Labute approximate surface area is 90.6 Å². The molecule has 0 aliphatic rings. The first-order valence-corrected chi connectivity index (χ1v) is 4.85. The van der Waals surface area contributed by atoms with Crippen molar-refractivity contribution in [3.63, 3.8) is 0 Å². The van der Waals surface area contributed by atoms with Gasteiger partial charge in [-0.3, -0.25) is 0 Å². The van der Waals surface area contributed by atoms with Gasteiger partial charge in [0.2, 0.25) is 0 Å². The molecule has 1 aromatic carbocycles. The van der Waals surface area contributed by atoms with Gasteiger partial charge in [0.15, 0.2) is 0 Å². The van der Waals surface area contributed by atoms with E-state index < -0.39 is 5.60 Å². The van der Waals surface area contributed by atoms with Crippen molar-refractivity contribution < 1.29 is 14.6 Å². The second kappa shape index (κ2) is 4.11. The molecule has 15 heavy (non-hydrogen) atoms. The van der Waals surface area contributed by atoms with Gasteiger partial charge < -0.3 is 14.6 Å². The monoisotopic (exact) mass is 210 g/mol. The molecule has 0 unspecified atom stereocenters. The van der Waals surface area contributed by atoms with Crippen molar-refractivity contribution >= 4 is 0 Å². The molecule has 3 heteroatoms. The van der Waals surface area contributed by atoms with Crippen LogP contribution in [0.4, 0.5) is 0 Å². The van der Waals surface area contributed by atoms with Crippen molar-refractivity contribution in [2.75, 3.05) is 14.2 Å². The van der Waals surface area contributed by atoms with Crippen molar-refractivity contribution in [1.29, 1.82) is 0 Å². The molecule has 0 bridgehead atoms. The molecule has 3 nitrogen and oxygen atoms in total. The van der Waals surface area contributed by atoms with Crippen LogP contribution in [0.2, 0.25) is 0 Å². The summed E-state index contributed by atoms with van der Waals surface area (Å²) in [6.07, 6.45) is 0. The molecule has 0 spiro atoms. The van der Waals surface area contributed by atoms with E-state index in [2.05, 4.69) is 0 Å². The molecule has 1 N–H and O–H groups in total. The van der Waals surface area contributed by atoms with Crippen molar-refractivity contribution in [1.82, 2.24) is 0 Å². The largest absolute Gasteiger partial charge is 0.497 e. The minimum atomic E-state index is -0.915. The van der Waals surface area contributed by atoms with E-state index in [4.69, 9.17) is 9.47 Å². The van der Waals surface area contributed by atoms with Crippen LogP contribution in [0.3, 0.4) is 0 Å². The summed E-state index contributed by atoms with van der Waals surface area (Å²) in [7, 11) is 3.20. The van der Waals surface area contributed by atoms with Gasteiger partial charge in [0, 0.05) is 11.6 Å². The van der Waals surface area contributed by atoms with Gasteiger partial charge in [-0.05, 0) is 32.4 Å². The summed E-state index contributed by atoms with van der Waals surface area (Å²) in [5.74, 6) is 1.39. The fourth-order valence-corrected chi connectivity index (χ4v) is 1.79. The molecule has 1 rings (SSSR count). The van der Waals surface area contributed by atoms with Gasteiger partial charge in [-0.25, -0.2) is 0 Å². The van der Waals surface area contributed by atoms with Crippen molar-refractivity contribution in [2.24, 2.45) is 0 Å². The summed E-state index contributed by atoms with van der Waals surface area (Å²) in [5, 5.41) is 10.0. The predicted molar refractivity (Wildman–Crippen MR) is 59.5 cm³/mol. The first kappa shape index (κ1) is 11.9. The van der Waals surface area contributed by atoms with Crippen LogP contribution in [0.15, 0.2) is 12.1 Å². The Morgan fingerprint density at radius 2 is 1.73 bits per heavy atom. The summed E-state index contributed by atoms with van der Waals surface area (Å²) in [5.41, 5.74) is 0.839. The normalized spacial score (nSPS) is 11.3. The number of aryl methyl sites for hydroxylation is 1. The first-order valence-electron chi connectivity index (χ1n) is 4.85.